The molecule has 0 N–H and O–H groups in total. The Labute approximate surface area is 188 Å². The van der Waals surface area contributed by atoms with Crippen LogP contribution in [0.2, 0.25) is 0 Å². The van der Waals surface area contributed by atoms with Crippen LogP contribution in [0.1, 0.15) is 59.9 Å². The van der Waals surface area contributed by atoms with Gasteiger partial charge in [-0.25, -0.2) is 9.59 Å². The van der Waals surface area contributed by atoms with Gasteiger partial charge in [-0.1, -0.05) is 29.0 Å². The molecule has 0 amide bonds. The standard InChI is InChI=1S/C23H20N2O6S/c1-12-20-11-18(9-10-19(20)23(29)21(12)25-31-15(4)27)32-17-7-5-16(6-8-17)22(28)13(2)24-30-14(3)26/h5-12H,1-4H3/b24-13+,25-21?. The fraction of sp³-hybridized carbons (Fsp3) is 0.217. The van der Waals surface area contributed by atoms with Gasteiger partial charge < -0.3 is 9.68 Å². The SMILES string of the molecule is CC(=O)ON=C1C(=O)c2ccc(Sc3ccc(C(=O)/C(C)=N/OC(C)=O)cc3)cc2C1C. The molecule has 0 saturated carbocycles. The number of carbonyl (C=O) groups is 4. The largest absolute Gasteiger partial charge is 0.331 e. The van der Waals surface area contributed by atoms with Crippen molar-refractivity contribution in [1.82, 2.24) is 0 Å². The lowest BCUT2D eigenvalue weighted by Crippen LogP contribution is -2.12. The summed E-state index contributed by atoms with van der Waals surface area (Å²) in [6.07, 6.45) is 0. The van der Waals surface area contributed by atoms with Gasteiger partial charge in [-0.05, 0) is 55.0 Å². The fourth-order valence-electron chi connectivity index (χ4n) is 3.08. The molecule has 164 valence electrons. The van der Waals surface area contributed by atoms with Crippen LogP contribution in [0.3, 0.4) is 0 Å². The third-order valence-corrected chi connectivity index (χ3v) is 5.64. The topological polar surface area (TPSA) is 111 Å². The molecule has 1 atom stereocenters. The normalized spacial score (nSPS) is 16.6. The van der Waals surface area contributed by atoms with Gasteiger partial charge in [0.2, 0.25) is 11.6 Å². The molecule has 2 aromatic carbocycles. The first kappa shape index (κ1) is 23.1. The van der Waals surface area contributed by atoms with Crippen LogP contribution in [0.4, 0.5) is 0 Å². The van der Waals surface area contributed by atoms with E-state index in [1.54, 1.807) is 30.3 Å². The van der Waals surface area contributed by atoms with E-state index in [-0.39, 0.29) is 28.9 Å². The van der Waals surface area contributed by atoms with Gasteiger partial charge in [-0.2, -0.15) is 0 Å². The smallest absolute Gasteiger partial charge is 0.318 e. The van der Waals surface area contributed by atoms with Gasteiger partial charge in [-0.15, -0.1) is 0 Å². The predicted molar refractivity (Wildman–Crippen MR) is 118 cm³/mol. The van der Waals surface area contributed by atoms with E-state index < -0.39 is 11.9 Å². The van der Waals surface area contributed by atoms with Gasteiger partial charge in [0.15, 0.2) is 0 Å². The van der Waals surface area contributed by atoms with Crippen LogP contribution in [0.5, 0.6) is 0 Å². The molecule has 32 heavy (non-hydrogen) atoms. The summed E-state index contributed by atoms with van der Waals surface area (Å²) in [5, 5.41) is 7.23. The summed E-state index contributed by atoms with van der Waals surface area (Å²) in [4.78, 5) is 57.7. The molecule has 0 fully saturated rings. The highest BCUT2D eigenvalue weighted by atomic mass is 32.2. The van der Waals surface area contributed by atoms with E-state index in [2.05, 4.69) is 20.0 Å². The zero-order chi connectivity index (χ0) is 23.4. The minimum Gasteiger partial charge on any atom is -0.318 e. The maximum atomic E-state index is 12.5. The zero-order valence-electron chi connectivity index (χ0n) is 17.9. The molecule has 0 aromatic heterocycles. The Balaban J connectivity index is 1.75. The van der Waals surface area contributed by atoms with Crippen LogP contribution in [-0.2, 0) is 19.3 Å². The monoisotopic (exact) mass is 452 g/mol. The number of nitrogens with zero attached hydrogens (tertiary/aromatic N) is 2. The maximum absolute atomic E-state index is 12.5. The molecule has 0 saturated heterocycles. The van der Waals surface area contributed by atoms with E-state index in [4.69, 9.17) is 0 Å². The second-order valence-corrected chi connectivity index (χ2v) is 8.22. The number of hydrogen-bond donors (Lipinski definition) is 0. The first-order chi connectivity index (χ1) is 15.2. The van der Waals surface area contributed by atoms with Gasteiger partial charge in [0.25, 0.3) is 0 Å². The van der Waals surface area contributed by atoms with Crippen LogP contribution in [0.15, 0.2) is 62.6 Å². The average molecular weight is 452 g/mol. The van der Waals surface area contributed by atoms with Crippen molar-refractivity contribution in [2.75, 3.05) is 0 Å². The second-order valence-electron chi connectivity index (χ2n) is 7.07. The van der Waals surface area contributed by atoms with Crippen molar-refractivity contribution < 1.29 is 28.9 Å². The molecule has 2 aromatic rings. The van der Waals surface area contributed by atoms with Crippen molar-refractivity contribution in [3.63, 3.8) is 0 Å². The fourth-order valence-corrected chi connectivity index (χ4v) is 3.95. The van der Waals surface area contributed by atoms with Crippen LogP contribution < -0.4 is 0 Å². The molecule has 1 aliphatic rings. The summed E-state index contributed by atoms with van der Waals surface area (Å²) in [7, 11) is 0. The summed E-state index contributed by atoms with van der Waals surface area (Å²) in [6.45, 7) is 5.74. The summed E-state index contributed by atoms with van der Waals surface area (Å²) in [5.74, 6) is -2.07. The summed E-state index contributed by atoms with van der Waals surface area (Å²) in [5.41, 5.74) is 2.04. The number of oxime groups is 2. The first-order valence-corrected chi connectivity index (χ1v) is 10.5. The third kappa shape index (κ3) is 5.17. The first-order valence-electron chi connectivity index (χ1n) is 9.66. The van der Waals surface area contributed by atoms with Crippen molar-refractivity contribution in [3.05, 3.63) is 59.2 Å². The van der Waals surface area contributed by atoms with Crippen LogP contribution in [0.25, 0.3) is 0 Å². The van der Waals surface area contributed by atoms with Crippen molar-refractivity contribution in [2.24, 2.45) is 10.3 Å². The Kier molecular flexibility index (Phi) is 6.99. The Morgan fingerprint density at radius 3 is 2.16 bits per heavy atom. The highest BCUT2D eigenvalue weighted by Crippen LogP contribution is 2.36. The third-order valence-electron chi connectivity index (χ3n) is 4.64. The molecule has 0 radical (unpaired) electrons. The predicted octanol–water partition coefficient (Wildman–Crippen LogP) is 4.18. The van der Waals surface area contributed by atoms with Gasteiger partial charge in [0.1, 0.15) is 11.4 Å². The van der Waals surface area contributed by atoms with Gasteiger partial charge in [0, 0.05) is 40.7 Å². The van der Waals surface area contributed by atoms with Crippen molar-refractivity contribution in [1.29, 1.82) is 0 Å². The lowest BCUT2D eigenvalue weighted by molar-refractivity contribution is -0.141. The molecule has 3 rings (SSSR count). The molecular weight excluding hydrogens is 432 g/mol. The minimum absolute atomic E-state index is 0.0732. The number of rotatable bonds is 6. The highest BCUT2D eigenvalue weighted by molar-refractivity contribution is 7.99. The Bertz CT molecular complexity index is 1170. The molecule has 9 heteroatoms. The average Bonchev–Trinajstić information content (AvgIpc) is 2.99. The molecule has 0 aliphatic heterocycles. The number of benzene rings is 2. The number of Topliss-reactive ketones (excluding diaryl/α,β-unsaturated/α-hetero) is 2. The molecular formula is C23H20N2O6S. The van der Waals surface area contributed by atoms with Crippen LogP contribution in [-0.4, -0.2) is 34.9 Å². The quantitative estimate of drug-likeness (QED) is 0.280. The molecule has 1 unspecified atom stereocenters. The minimum atomic E-state index is -0.598. The highest BCUT2D eigenvalue weighted by Gasteiger charge is 2.34. The second kappa shape index (κ2) is 9.69. The van der Waals surface area contributed by atoms with E-state index in [9.17, 15) is 19.2 Å². The van der Waals surface area contributed by atoms with E-state index in [0.29, 0.717) is 11.1 Å². The molecule has 1 aliphatic carbocycles. The van der Waals surface area contributed by atoms with Gasteiger partial charge in [-0.3, -0.25) is 9.59 Å². The summed E-state index contributed by atoms with van der Waals surface area (Å²) >= 11 is 1.47. The molecule has 8 nitrogen and oxygen atoms in total. The number of fused-ring (bicyclic) bond motifs is 1. The van der Waals surface area contributed by atoms with Gasteiger partial charge >= 0.3 is 11.9 Å². The zero-order valence-corrected chi connectivity index (χ0v) is 18.7. The van der Waals surface area contributed by atoms with Crippen LogP contribution >= 0.6 is 11.8 Å². The van der Waals surface area contributed by atoms with E-state index in [0.717, 1.165) is 15.4 Å². The number of hydrogen-bond acceptors (Lipinski definition) is 9. The van der Waals surface area contributed by atoms with Crippen molar-refractivity contribution in [2.45, 2.75) is 43.4 Å². The summed E-state index contributed by atoms with van der Waals surface area (Å²) < 4.78 is 0. The van der Waals surface area contributed by atoms with Crippen molar-refractivity contribution in [3.8, 4) is 0 Å². The van der Waals surface area contributed by atoms with E-state index in [1.807, 2.05) is 19.1 Å². The molecule has 0 bridgehead atoms. The van der Waals surface area contributed by atoms with E-state index in [1.165, 1.54) is 32.5 Å². The number of ketones is 2. The Morgan fingerprint density at radius 1 is 0.906 bits per heavy atom. The van der Waals surface area contributed by atoms with Crippen molar-refractivity contribution >= 4 is 46.7 Å². The lowest BCUT2D eigenvalue weighted by Gasteiger charge is -2.08. The van der Waals surface area contributed by atoms with E-state index >= 15 is 0 Å². The Hall–Kier alpha value is -3.59. The molecule has 0 spiro atoms. The lowest BCUT2D eigenvalue weighted by atomic mass is 10.0. The summed E-state index contributed by atoms with van der Waals surface area (Å²) in [6, 6.07) is 12.4. The number of carbonyl (C=O) groups excluding carboxylic acids is 4. The molecule has 0 heterocycles. The maximum Gasteiger partial charge on any atom is 0.331 e. The van der Waals surface area contributed by atoms with Crippen LogP contribution in [0, 0.1) is 0 Å². The van der Waals surface area contributed by atoms with Gasteiger partial charge in [0.05, 0.1) is 0 Å². The Morgan fingerprint density at radius 2 is 1.53 bits per heavy atom.